The van der Waals surface area contributed by atoms with E-state index in [2.05, 4.69) is 18.7 Å². The standard InChI is InChI=1S/C14H22N2O4/c1-3-15(4-2)7-10-5-6-13(20-10)14(19)16-8-11(17)12(18)9-16/h5-6,11-12,17-18H,3-4,7-9H2,1-2H3/t11-,12+. The van der Waals surface area contributed by atoms with Crippen molar-refractivity contribution >= 4 is 5.91 Å². The highest BCUT2D eigenvalue weighted by Crippen LogP contribution is 2.17. The predicted octanol–water partition coefficient (Wildman–Crippen LogP) is 0.299. The number of likely N-dealkylation sites (tertiary alicyclic amines) is 1. The largest absolute Gasteiger partial charge is 0.455 e. The summed E-state index contributed by atoms with van der Waals surface area (Å²) < 4.78 is 5.57. The van der Waals surface area contributed by atoms with Gasteiger partial charge in [0.2, 0.25) is 0 Å². The Morgan fingerprint density at radius 3 is 2.45 bits per heavy atom. The van der Waals surface area contributed by atoms with E-state index in [-0.39, 0.29) is 24.8 Å². The second-order valence-electron chi connectivity index (χ2n) is 5.07. The molecule has 0 bridgehead atoms. The van der Waals surface area contributed by atoms with Crippen LogP contribution in [0.4, 0.5) is 0 Å². The fraction of sp³-hybridized carbons (Fsp3) is 0.643. The van der Waals surface area contributed by atoms with Gasteiger partial charge in [-0.2, -0.15) is 0 Å². The summed E-state index contributed by atoms with van der Waals surface area (Å²) in [7, 11) is 0. The van der Waals surface area contributed by atoms with Crippen molar-refractivity contribution in [1.29, 1.82) is 0 Å². The van der Waals surface area contributed by atoms with E-state index < -0.39 is 12.2 Å². The first kappa shape index (κ1) is 15.0. The van der Waals surface area contributed by atoms with Crippen LogP contribution >= 0.6 is 0 Å². The van der Waals surface area contributed by atoms with Crippen LogP contribution in [0.5, 0.6) is 0 Å². The van der Waals surface area contributed by atoms with Crippen molar-refractivity contribution in [2.75, 3.05) is 26.2 Å². The Kier molecular flexibility index (Phi) is 4.80. The van der Waals surface area contributed by atoms with Gasteiger partial charge in [-0.25, -0.2) is 0 Å². The van der Waals surface area contributed by atoms with E-state index in [0.29, 0.717) is 6.54 Å². The highest BCUT2D eigenvalue weighted by molar-refractivity contribution is 5.91. The van der Waals surface area contributed by atoms with Crippen LogP contribution in [0.25, 0.3) is 0 Å². The molecule has 2 atom stereocenters. The van der Waals surface area contributed by atoms with Crippen molar-refractivity contribution in [3.8, 4) is 0 Å². The van der Waals surface area contributed by atoms with Crippen LogP contribution in [0.15, 0.2) is 16.5 Å². The smallest absolute Gasteiger partial charge is 0.289 e. The molecule has 6 nitrogen and oxygen atoms in total. The molecule has 1 fully saturated rings. The minimum Gasteiger partial charge on any atom is -0.455 e. The lowest BCUT2D eigenvalue weighted by Gasteiger charge is -2.16. The molecule has 1 saturated heterocycles. The van der Waals surface area contributed by atoms with Crippen molar-refractivity contribution < 1.29 is 19.4 Å². The molecule has 2 heterocycles. The van der Waals surface area contributed by atoms with Crippen molar-refractivity contribution in [3.05, 3.63) is 23.7 Å². The normalized spacial score (nSPS) is 22.8. The van der Waals surface area contributed by atoms with Gasteiger partial charge in [0.25, 0.3) is 5.91 Å². The van der Waals surface area contributed by atoms with Crippen LogP contribution < -0.4 is 0 Å². The van der Waals surface area contributed by atoms with Crippen molar-refractivity contribution in [2.24, 2.45) is 0 Å². The molecule has 0 radical (unpaired) electrons. The lowest BCUT2D eigenvalue weighted by molar-refractivity contribution is 0.0572. The summed E-state index contributed by atoms with van der Waals surface area (Å²) in [4.78, 5) is 15.8. The SMILES string of the molecule is CCN(CC)Cc1ccc(C(=O)N2C[C@@H](O)[C@@H](O)C2)o1. The van der Waals surface area contributed by atoms with Crippen LogP contribution in [-0.2, 0) is 6.54 Å². The third-order valence-corrected chi connectivity index (χ3v) is 3.69. The van der Waals surface area contributed by atoms with Crippen LogP contribution in [0.3, 0.4) is 0 Å². The molecule has 1 aromatic rings. The fourth-order valence-corrected chi connectivity index (χ4v) is 2.34. The Hall–Kier alpha value is -1.37. The van der Waals surface area contributed by atoms with E-state index in [1.54, 1.807) is 12.1 Å². The molecule has 2 N–H and O–H groups in total. The second kappa shape index (κ2) is 6.39. The summed E-state index contributed by atoms with van der Waals surface area (Å²) in [5, 5.41) is 18.9. The Labute approximate surface area is 118 Å². The van der Waals surface area contributed by atoms with Crippen LogP contribution in [0.2, 0.25) is 0 Å². The van der Waals surface area contributed by atoms with Gasteiger partial charge in [0.05, 0.1) is 18.8 Å². The zero-order chi connectivity index (χ0) is 14.7. The monoisotopic (exact) mass is 282 g/mol. The number of aliphatic hydroxyl groups excluding tert-OH is 2. The first-order chi connectivity index (χ1) is 9.55. The third kappa shape index (κ3) is 3.20. The maximum absolute atomic E-state index is 12.2. The Bertz CT molecular complexity index is 446. The predicted molar refractivity (Wildman–Crippen MR) is 73.3 cm³/mol. The Balaban J connectivity index is 2.00. The topological polar surface area (TPSA) is 77.2 Å². The molecular formula is C14H22N2O4. The molecule has 2 rings (SSSR count). The molecule has 1 amide bonds. The van der Waals surface area contributed by atoms with E-state index in [1.807, 2.05) is 0 Å². The number of rotatable bonds is 5. The summed E-state index contributed by atoms with van der Waals surface area (Å²) in [5.41, 5.74) is 0. The molecule has 1 aromatic heterocycles. The number of carbonyl (C=O) groups excluding carboxylic acids is 1. The summed E-state index contributed by atoms with van der Waals surface area (Å²) in [6, 6.07) is 3.45. The molecule has 0 unspecified atom stereocenters. The van der Waals surface area contributed by atoms with Gasteiger partial charge in [0.1, 0.15) is 5.76 Å². The highest BCUT2D eigenvalue weighted by Gasteiger charge is 2.34. The van der Waals surface area contributed by atoms with Crippen LogP contribution in [0.1, 0.15) is 30.2 Å². The Morgan fingerprint density at radius 1 is 1.30 bits per heavy atom. The van der Waals surface area contributed by atoms with Gasteiger partial charge >= 0.3 is 0 Å². The second-order valence-corrected chi connectivity index (χ2v) is 5.07. The molecule has 1 aliphatic rings. The molecule has 0 aliphatic carbocycles. The van der Waals surface area contributed by atoms with E-state index in [4.69, 9.17) is 4.42 Å². The van der Waals surface area contributed by atoms with Gasteiger partial charge < -0.3 is 19.5 Å². The average Bonchev–Trinajstić information content (AvgIpc) is 3.03. The van der Waals surface area contributed by atoms with E-state index >= 15 is 0 Å². The number of carbonyl (C=O) groups is 1. The van der Waals surface area contributed by atoms with E-state index in [0.717, 1.165) is 18.8 Å². The summed E-state index contributed by atoms with van der Waals surface area (Å²) >= 11 is 0. The van der Waals surface area contributed by atoms with Gasteiger partial charge in [-0.3, -0.25) is 9.69 Å². The van der Waals surface area contributed by atoms with Gasteiger partial charge in [0, 0.05) is 13.1 Å². The molecule has 6 heteroatoms. The van der Waals surface area contributed by atoms with Crippen LogP contribution in [0, 0.1) is 0 Å². The minimum absolute atomic E-state index is 0.145. The van der Waals surface area contributed by atoms with Crippen molar-refractivity contribution in [3.63, 3.8) is 0 Å². The fourth-order valence-electron chi connectivity index (χ4n) is 2.34. The third-order valence-electron chi connectivity index (χ3n) is 3.69. The first-order valence-electron chi connectivity index (χ1n) is 7.01. The number of β-amino-alcohol motifs (C(OH)–C–C–N with tert-alkyl or cyclic N) is 2. The van der Waals surface area contributed by atoms with Crippen LogP contribution in [-0.4, -0.2) is 64.3 Å². The van der Waals surface area contributed by atoms with E-state index in [1.165, 1.54) is 4.90 Å². The number of hydrogen-bond donors (Lipinski definition) is 2. The molecular weight excluding hydrogens is 260 g/mol. The number of nitrogens with zero attached hydrogens (tertiary/aromatic N) is 2. The number of hydrogen-bond acceptors (Lipinski definition) is 5. The van der Waals surface area contributed by atoms with Crippen molar-refractivity contribution in [1.82, 2.24) is 9.80 Å². The van der Waals surface area contributed by atoms with Gasteiger partial charge in [-0.15, -0.1) is 0 Å². The zero-order valence-corrected chi connectivity index (χ0v) is 12.0. The molecule has 0 saturated carbocycles. The first-order valence-corrected chi connectivity index (χ1v) is 7.01. The lowest BCUT2D eigenvalue weighted by atomic mass is 10.3. The molecule has 0 aromatic carbocycles. The van der Waals surface area contributed by atoms with Gasteiger partial charge in [-0.1, -0.05) is 13.8 Å². The highest BCUT2D eigenvalue weighted by atomic mass is 16.4. The quantitative estimate of drug-likeness (QED) is 0.812. The van der Waals surface area contributed by atoms with E-state index in [9.17, 15) is 15.0 Å². The molecule has 20 heavy (non-hydrogen) atoms. The maximum Gasteiger partial charge on any atom is 0.289 e. The minimum atomic E-state index is -0.871. The molecule has 112 valence electrons. The van der Waals surface area contributed by atoms with Gasteiger partial charge in [-0.05, 0) is 25.2 Å². The summed E-state index contributed by atoms with van der Waals surface area (Å²) in [6.45, 7) is 6.96. The molecule has 1 aliphatic heterocycles. The number of amides is 1. The summed E-state index contributed by atoms with van der Waals surface area (Å²) in [6.07, 6.45) is -1.74. The average molecular weight is 282 g/mol. The van der Waals surface area contributed by atoms with Gasteiger partial charge in [0.15, 0.2) is 5.76 Å². The van der Waals surface area contributed by atoms with Crippen molar-refractivity contribution in [2.45, 2.75) is 32.6 Å². The molecule has 0 spiro atoms. The maximum atomic E-state index is 12.2. The zero-order valence-electron chi connectivity index (χ0n) is 12.0. The number of furan rings is 1. The number of aliphatic hydroxyl groups is 2. The summed E-state index contributed by atoms with van der Waals surface area (Å²) in [5.74, 6) is 0.720. The lowest BCUT2D eigenvalue weighted by Crippen LogP contribution is -2.29. The Morgan fingerprint density at radius 2 is 1.90 bits per heavy atom.